The van der Waals surface area contributed by atoms with Gasteiger partial charge in [0, 0.05) is 45.9 Å². The smallest absolute Gasteiger partial charge is 0.379 e. The zero-order valence-electron chi connectivity index (χ0n) is 14.3. The number of alkyl halides is 3. The molecule has 0 aromatic heterocycles. The van der Waals surface area contributed by atoms with E-state index in [1.165, 1.54) is 0 Å². The van der Waals surface area contributed by atoms with E-state index < -0.39 is 11.7 Å². The largest absolute Gasteiger partial charge is 0.416 e. The van der Waals surface area contributed by atoms with Crippen LogP contribution in [0.15, 0.2) is 24.3 Å². The molecule has 0 saturated carbocycles. The van der Waals surface area contributed by atoms with Crippen molar-refractivity contribution in [2.24, 2.45) is 0 Å². The predicted octanol–water partition coefficient (Wildman–Crippen LogP) is 2.63. The quantitative estimate of drug-likeness (QED) is 0.826. The van der Waals surface area contributed by atoms with Crippen LogP contribution in [0.1, 0.15) is 17.5 Å². The molecule has 3 rings (SSSR count). The molecule has 0 amide bonds. The number of benzene rings is 1. The zero-order valence-corrected chi connectivity index (χ0v) is 14.3. The second-order valence-electron chi connectivity index (χ2n) is 6.69. The van der Waals surface area contributed by atoms with Gasteiger partial charge >= 0.3 is 6.18 Å². The summed E-state index contributed by atoms with van der Waals surface area (Å²) in [6.45, 7) is 7.37. The average Bonchev–Trinajstić information content (AvgIpc) is 2.80. The van der Waals surface area contributed by atoms with E-state index in [1.54, 1.807) is 12.1 Å². The Hall–Kier alpha value is -1.15. The van der Waals surface area contributed by atoms with E-state index in [1.807, 2.05) is 0 Å². The molecule has 0 bridgehead atoms. The lowest BCUT2D eigenvalue weighted by Crippen LogP contribution is -2.44. The number of hydrogen-bond acceptors (Lipinski definition) is 4. The Morgan fingerprint density at radius 1 is 0.960 bits per heavy atom. The van der Waals surface area contributed by atoms with Crippen molar-refractivity contribution in [3.8, 4) is 0 Å². The molecule has 25 heavy (non-hydrogen) atoms. The standard InChI is InChI=1S/C18H25F3N2O2/c19-18(20,21)16-4-2-15(3-5-16)12-23-6-1-9-25-17(14-23)13-22-7-10-24-11-8-22/h2-5,17H,1,6-14H2. The van der Waals surface area contributed by atoms with Crippen molar-refractivity contribution in [1.82, 2.24) is 9.80 Å². The fourth-order valence-electron chi connectivity index (χ4n) is 3.35. The number of rotatable bonds is 4. The van der Waals surface area contributed by atoms with Crippen LogP contribution in [0, 0.1) is 0 Å². The summed E-state index contributed by atoms with van der Waals surface area (Å²) < 4.78 is 49.3. The minimum absolute atomic E-state index is 0.134. The second kappa shape index (κ2) is 8.49. The van der Waals surface area contributed by atoms with Gasteiger partial charge in [0.1, 0.15) is 0 Å². The van der Waals surface area contributed by atoms with Gasteiger partial charge in [-0.2, -0.15) is 13.2 Å². The number of halogens is 3. The molecule has 1 unspecified atom stereocenters. The van der Waals surface area contributed by atoms with Crippen LogP contribution in [0.2, 0.25) is 0 Å². The molecule has 0 spiro atoms. The Morgan fingerprint density at radius 3 is 2.36 bits per heavy atom. The third-order valence-corrected chi connectivity index (χ3v) is 4.69. The molecule has 1 atom stereocenters. The first-order chi connectivity index (χ1) is 12.0. The molecule has 2 saturated heterocycles. The zero-order chi connectivity index (χ0) is 17.7. The summed E-state index contributed by atoms with van der Waals surface area (Å²) >= 11 is 0. The molecule has 1 aromatic rings. The van der Waals surface area contributed by atoms with Gasteiger partial charge in [-0.15, -0.1) is 0 Å². The molecule has 2 aliphatic heterocycles. The third kappa shape index (κ3) is 5.67. The van der Waals surface area contributed by atoms with Gasteiger partial charge in [-0.1, -0.05) is 12.1 Å². The van der Waals surface area contributed by atoms with Gasteiger partial charge in [-0.25, -0.2) is 0 Å². The number of morpholine rings is 1. The summed E-state index contributed by atoms with van der Waals surface area (Å²) in [6, 6.07) is 5.47. The van der Waals surface area contributed by atoms with Crippen molar-refractivity contribution in [2.45, 2.75) is 25.2 Å². The van der Waals surface area contributed by atoms with Crippen LogP contribution >= 0.6 is 0 Å². The second-order valence-corrected chi connectivity index (χ2v) is 6.69. The van der Waals surface area contributed by atoms with Crippen LogP contribution in [0.25, 0.3) is 0 Å². The van der Waals surface area contributed by atoms with Crippen LogP contribution in [-0.2, 0) is 22.2 Å². The minimum Gasteiger partial charge on any atom is -0.379 e. The SMILES string of the molecule is FC(F)(F)c1ccc(CN2CCCOC(CN3CCOCC3)C2)cc1. The van der Waals surface area contributed by atoms with Gasteiger partial charge in [0.05, 0.1) is 24.9 Å². The van der Waals surface area contributed by atoms with Crippen LogP contribution in [0.3, 0.4) is 0 Å². The highest BCUT2D eigenvalue weighted by molar-refractivity contribution is 5.24. The summed E-state index contributed by atoms with van der Waals surface area (Å²) in [4.78, 5) is 4.64. The highest BCUT2D eigenvalue weighted by Crippen LogP contribution is 2.29. The predicted molar refractivity (Wildman–Crippen MR) is 88.3 cm³/mol. The summed E-state index contributed by atoms with van der Waals surface area (Å²) in [7, 11) is 0. The number of hydrogen-bond donors (Lipinski definition) is 0. The lowest BCUT2D eigenvalue weighted by molar-refractivity contribution is -0.137. The van der Waals surface area contributed by atoms with E-state index >= 15 is 0 Å². The van der Waals surface area contributed by atoms with Gasteiger partial charge in [-0.05, 0) is 24.1 Å². The van der Waals surface area contributed by atoms with Crippen LogP contribution in [0.4, 0.5) is 13.2 Å². The molecular weight excluding hydrogens is 333 g/mol. The third-order valence-electron chi connectivity index (χ3n) is 4.69. The van der Waals surface area contributed by atoms with Gasteiger partial charge < -0.3 is 9.47 Å². The van der Waals surface area contributed by atoms with Crippen molar-refractivity contribution < 1.29 is 22.6 Å². The maximum Gasteiger partial charge on any atom is 0.416 e. The number of ether oxygens (including phenoxy) is 2. The molecule has 140 valence electrons. The molecule has 1 aromatic carbocycles. The van der Waals surface area contributed by atoms with Crippen LogP contribution < -0.4 is 0 Å². The van der Waals surface area contributed by atoms with Crippen molar-refractivity contribution >= 4 is 0 Å². The van der Waals surface area contributed by atoms with Gasteiger partial charge in [0.25, 0.3) is 0 Å². The van der Waals surface area contributed by atoms with E-state index in [0.717, 1.165) is 76.7 Å². The summed E-state index contributed by atoms with van der Waals surface area (Å²) in [6.07, 6.45) is -3.20. The lowest BCUT2D eigenvalue weighted by Gasteiger charge is -2.31. The van der Waals surface area contributed by atoms with E-state index in [-0.39, 0.29) is 6.10 Å². The molecular formula is C18H25F3N2O2. The fourth-order valence-corrected chi connectivity index (χ4v) is 3.35. The summed E-state index contributed by atoms with van der Waals surface area (Å²) in [5, 5.41) is 0. The van der Waals surface area contributed by atoms with E-state index in [4.69, 9.17) is 9.47 Å². The molecule has 4 nitrogen and oxygen atoms in total. The molecule has 0 aliphatic carbocycles. The summed E-state index contributed by atoms with van der Waals surface area (Å²) in [5.74, 6) is 0. The van der Waals surface area contributed by atoms with E-state index in [2.05, 4.69) is 9.80 Å². The number of nitrogens with zero attached hydrogens (tertiary/aromatic N) is 2. The summed E-state index contributed by atoms with van der Waals surface area (Å²) in [5.41, 5.74) is 0.306. The molecule has 2 aliphatic rings. The van der Waals surface area contributed by atoms with E-state index in [0.29, 0.717) is 6.54 Å². The van der Waals surface area contributed by atoms with Crippen LogP contribution in [0.5, 0.6) is 0 Å². The monoisotopic (exact) mass is 358 g/mol. The van der Waals surface area contributed by atoms with Crippen molar-refractivity contribution in [2.75, 3.05) is 52.5 Å². The Bertz CT molecular complexity index is 530. The first kappa shape index (κ1) is 18.6. The Balaban J connectivity index is 1.55. The normalized spacial score (nSPS) is 24.2. The van der Waals surface area contributed by atoms with Crippen molar-refractivity contribution in [3.05, 3.63) is 35.4 Å². The molecule has 2 fully saturated rings. The van der Waals surface area contributed by atoms with E-state index in [9.17, 15) is 13.2 Å². The molecule has 0 N–H and O–H groups in total. The molecule has 7 heteroatoms. The Morgan fingerprint density at radius 2 is 1.68 bits per heavy atom. The van der Waals surface area contributed by atoms with Crippen molar-refractivity contribution in [1.29, 1.82) is 0 Å². The first-order valence-electron chi connectivity index (χ1n) is 8.81. The average molecular weight is 358 g/mol. The first-order valence-corrected chi connectivity index (χ1v) is 8.81. The van der Waals surface area contributed by atoms with Crippen LogP contribution in [-0.4, -0.2) is 68.4 Å². The fraction of sp³-hybridized carbons (Fsp3) is 0.667. The van der Waals surface area contributed by atoms with Gasteiger partial charge in [-0.3, -0.25) is 9.80 Å². The lowest BCUT2D eigenvalue weighted by atomic mass is 10.1. The maximum absolute atomic E-state index is 12.7. The topological polar surface area (TPSA) is 24.9 Å². The maximum atomic E-state index is 12.7. The molecule has 2 heterocycles. The van der Waals surface area contributed by atoms with Gasteiger partial charge in [0.15, 0.2) is 0 Å². The minimum atomic E-state index is -4.28. The Labute approximate surface area is 146 Å². The Kier molecular flexibility index (Phi) is 6.33. The highest BCUT2D eigenvalue weighted by Gasteiger charge is 2.30. The molecule has 0 radical (unpaired) electrons. The highest BCUT2D eigenvalue weighted by atomic mass is 19.4. The van der Waals surface area contributed by atoms with Crippen molar-refractivity contribution in [3.63, 3.8) is 0 Å². The van der Waals surface area contributed by atoms with Gasteiger partial charge in [0.2, 0.25) is 0 Å².